The molecule has 0 saturated carbocycles. The number of hydrogen-bond donors (Lipinski definition) is 16. The standard InChI is InChI=1S/C63H107N15O14/c1-12-23-41-54(83)77-51(37(9)16-5)62(91)92-38(10)52(46(81)31-40(53(82)70-41)26-22-29-69-63(66)67)78-58(87)45(33-80)73-60(89)49(35(7)14-3)76-61(90)50(36(8)15-4)74-55(84)42(27-20-21-28-47(64)65)71-57(86)44(32-79)72-59(88)48(34(6)13-2)75-56(85)43(68-11)30-39-24-18-17-19-25-39/h17-19,24-25,34-38,40-45,48-52,68,79-80H,12-16,20-23,26-33H2,1-11H3,(H3,64,65)(H,70,82)(H,71,86)(H,72,88)(H,73,89)(H,74,84)(H,75,85)(H,76,90)(H,77,83)(H,78,87)(H4,66,67,69)/t34-,35-,36+,37-,38-,40+,41-,42+,43+,44-,45-,48-,49-,50+,51-,52+/m0/s1. The van der Waals surface area contributed by atoms with Gasteiger partial charge in [-0.15, -0.1) is 0 Å². The molecular weight excluding hydrogens is 1190 g/mol. The maximum absolute atomic E-state index is 14.6. The van der Waals surface area contributed by atoms with Gasteiger partial charge in [-0.05, 0) is 81.7 Å². The number of nitrogens with zero attached hydrogens (tertiary/aromatic N) is 1. The van der Waals surface area contributed by atoms with Crippen molar-refractivity contribution in [2.75, 3.05) is 26.8 Å². The maximum Gasteiger partial charge on any atom is 0.329 e. The summed E-state index contributed by atoms with van der Waals surface area (Å²) in [4.78, 5) is 160. The van der Waals surface area contributed by atoms with E-state index in [4.69, 9.17) is 27.3 Å². The predicted octanol–water partition coefficient (Wildman–Crippen LogP) is -0.780. The minimum atomic E-state index is -1.80. The molecule has 0 aromatic heterocycles. The minimum Gasteiger partial charge on any atom is -0.458 e. The Morgan fingerprint density at radius 3 is 1.63 bits per heavy atom. The molecule has 1 heterocycles. The number of rotatable bonds is 38. The van der Waals surface area contributed by atoms with Crippen molar-refractivity contribution in [1.29, 1.82) is 5.41 Å². The Morgan fingerprint density at radius 2 is 1.14 bits per heavy atom. The first-order valence-electron chi connectivity index (χ1n) is 32.3. The van der Waals surface area contributed by atoms with Crippen molar-refractivity contribution < 1.29 is 67.7 Å². The van der Waals surface area contributed by atoms with Gasteiger partial charge in [-0.1, -0.05) is 131 Å². The number of aliphatic hydroxyl groups excluding tert-OH is 2. The largest absolute Gasteiger partial charge is 0.458 e. The molecule has 2 rings (SSSR count). The summed E-state index contributed by atoms with van der Waals surface area (Å²) in [6.07, 6.45) is 1.33. The number of unbranched alkanes of at least 4 members (excludes halogenated alkanes) is 1. The SMILES string of the molecule is CCC[C@@H]1NC(=O)[C@H](CCCN=C(N)N)CC(=O)[C@H](NC(=O)[C@H](CO)NC(=O)[C@@H](NC(=O)[C@H](NC(=O)[C@@H](CCCCC(=N)N)NC(=O)[C@H](CO)NC(=O)[C@@H](NC(=O)[C@@H](Cc2ccccc2)NC)[C@@H](C)CC)[C@H](C)CC)[C@@H](C)CC)[C@H](C)OC(=O)[C@H]([C@@H](C)CC)NC1=O. The fourth-order valence-corrected chi connectivity index (χ4v) is 10.2. The van der Waals surface area contributed by atoms with Crippen molar-refractivity contribution in [3.63, 3.8) is 0 Å². The van der Waals surface area contributed by atoms with E-state index in [1.54, 1.807) is 62.4 Å². The van der Waals surface area contributed by atoms with E-state index in [9.17, 15) is 63.0 Å². The number of cyclic esters (lactones) is 1. The highest BCUT2D eigenvalue weighted by Gasteiger charge is 2.41. The summed E-state index contributed by atoms with van der Waals surface area (Å²) in [7, 11) is 1.61. The second-order valence-corrected chi connectivity index (χ2v) is 24.1. The van der Waals surface area contributed by atoms with Crippen LogP contribution in [0.3, 0.4) is 0 Å². The zero-order chi connectivity index (χ0) is 69.4. The quantitative estimate of drug-likeness (QED) is 0.0167. The third-order valence-electron chi connectivity index (χ3n) is 17.0. The van der Waals surface area contributed by atoms with Crippen molar-refractivity contribution in [3.05, 3.63) is 35.9 Å². The first-order chi connectivity index (χ1) is 43.6. The number of aliphatic hydroxyl groups is 2. The van der Waals surface area contributed by atoms with Gasteiger partial charge in [-0.2, -0.15) is 0 Å². The number of carbonyl (C=O) groups excluding carboxylic acids is 11. The zero-order valence-corrected chi connectivity index (χ0v) is 55.6. The third-order valence-corrected chi connectivity index (χ3v) is 17.0. The highest BCUT2D eigenvalue weighted by atomic mass is 16.5. The lowest BCUT2D eigenvalue weighted by molar-refractivity contribution is -0.157. The number of ether oxygens (including phenoxy) is 1. The number of nitrogens with one attached hydrogen (secondary N) is 11. The van der Waals surface area contributed by atoms with Gasteiger partial charge in [-0.3, -0.25) is 58.3 Å². The Labute approximate surface area is 541 Å². The van der Waals surface area contributed by atoms with Gasteiger partial charge in [0.2, 0.25) is 53.2 Å². The Kier molecular flexibility index (Phi) is 36.3. The Hall–Kier alpha value is -7.79. The number of nitrogens with two attached hydrogens (primary N) is 3. The van der Waals surface area contributed by atoms with Crippen LogP contribution in [0, 0.1) is 35.0 Å². The summed E-state index contributed by atoms with van der Waals surface area (Å²) in [6.45, 7) is 15.1. The van der Waals surface area contributed by atoms with Crippen molar-refractivity contribution >= 4 is 76.7 Å². The van der Waals surface area contributed by atoms with Gasteiger partial charge < -0.3 is 85.3 Å². The van der Waals surface area contributed by atoms with E-state index < -0.39 is 181 Å². The van der Waals surface area contributed by atoms with E-state index in [1.165, 1.54) is 6.92 Å². The fourth-order valence-electron chi connectivity index (χ4n) is 10.2. The van der Waals surface area contributed by atoms with Crippen LogP contribution in [-0.2, 0) is 63.9 Å². The molecular formula is C63H107N15O14. The number of amides is 9. The summed E-state index contributed by atoms with van der Waals surface area (Å²) >= 11 is 0. The number of amidine groups is 1. The molecule has 0 radical (unpaired) electrons. The van der Waals surface area contributed by atoms with E-state index >= 15 is 0 Å². The van der Waals surface area contributed by atoms with Crippen molar-refractivity contribution in [2.24, 2.45) is 51.8 Å². The lowest BCUT2D eigenvalue weighted by Crippen LogP contribution is -2.63. The van der Waals surface area contributed by atoms with Gasteiger partial charge in [0.05, 0.1) is 25.1 Å². The van der Waals surface area contributed by atoms with Crippen LogP contribution in [-0.4, -0.2) is 180 Å². The average Bonchev–Trinajstić information content (AvgIpc) is 1.73. The van der Waals surface area contributed by atoms with Crippen LogP contribution in [0.4, 0.5) is 0 Å². The smallest absolute Gasteiger partial charge is 0.329 e. The van der Waals surface area contributed by atoms with Crippen LogP contribution in [0.15, 0.2) is 35.3 Å². The highest BCUT2D eigenvalue weighted by Crippen LogP contribution is 2.21. The maximum atomic E-state index is 14.6. The molecule has 9 amide bonds. The molecule has 0 bridgehead atoms. The minimum absolute atomic E-state index is 0.0437. The Bertz CT molecular complexity index is 2630. The first kappa shape index (κ1) is 80.3. The monoisotopic (exact) mass is 1300 g/mol. The zero-order valence-electron chi connectivity index (χ0n) is 55.6. The van der Waals surface area contributed by atoms with Crippen LogP contribution in [0.25, 0.3) is 0 Å². The van der Waals surface area contributed by atoms with Gasteiger partial charge in [0.1, 0.15) is 60.5 Å². The van der Waals surface area contributed by atoms with Crippen LogP contribution in [0.2, 0.25) is 0 Å². The molecule has 1 aliphatic heterocycles. The molecule has 92 heavy (non-hydrogen) atoms. The second kappa shape index (κ2) is 41.6. The van der Waals surface area contributed by atoms with E-state index in [0.717, 1.165) is 5.56 Å². The Morgan fingerprint density at radius 1 is 0.641 bits per heavy atom. The van der Waals surface area contributed by atoms with E-state index in [2.05, 4.69) is 58.2 Å². The number of benzene rings is 1. The van der Waals surface area contributed by atoms with Gasteiger partial charge in [0, 0.05) is 25.3 Å². The van der Waals surface area contributed by atoms with E-state index in [-0.39, 0.29) is 63.3 Å². The topological polar surface area (TPSA) is 472 Å². The lowest BCUT2D eigenvalue weighted by Gasteiger charge is -2.31. The Balaban J connectivity index is 2.50. The summed E-state index contributed by atoms with van der Waals surface area (Å²) in [5.74, 6) is -12.7. The third kappa shape index (κ3) is 26.4. The molecule has 1 aromatic rings. The number of ketones is 1. The number of guanidine groups is 1. The number of Topliss-reactive ketones (excluding diaryl/α,β-unsaturated/α-hetero) is 1. The van der Waals surface area contributed by atoms with Gasteiger partial charge in [0.15, 0.2) is 11.7 Å². The van der Waals surface area contributed by atoms with E-state index in [1.807, 2.05) is 37.3 Å². The normalized spacial score (nSPS) is 20.7. The van der Waals surface area contributed by atoms with Crippen molar-refractivity contribution in [2.45, 2.75) is 226 Å². The van der Waals surface area contributed by atoms with Gasteiger partial charge in [-0.25, -0.2) is 4.79 Å². The summed E-state index contributed by atoms with van der Waals surface area (Å²) in [5.41, 5.74) is 17.5. The molecule has 1 fully saturated rings. The van der Waals surface area contributed by atoms with Crippen LogP contribution >= 0.6 is 0 Å². The van der Waals surface area contributed by atoms with Crippen LogP contribution < -0.4 is 70.4 Å². The molecule has 0 aliphatic carbocycles. The highest BCUT2D eigenvalue weighted by molar-refractivity contribution is 5.99. The summed E-state index contributed by atoms with van der Waals surface area (Å²) in [6, 6.07) is -4.26. The van der Waals surface area contributed by atoms with Gasteiger partial charge in [0.25, 0.3) is 0 Å². The lowest BCUT2D eigenvalue weighted by atomic mass is 9.91. The molecule has 29 heteroatoms. The van der Waals surface area contributed by atoms with Crippen LogP contribution in [0.5, 0.6) is 0 Å². The molecule has 1 aromatic carbocycles. The van der Waals surface area contributed by atoms with Crippen molar-refractivity contribution in [1.82, 2.24) is 53.2 Å². The molecule has 1 aliphatic rings. The average molecular weight is 1300 g/mol. The number of esters is 1. The number of aliphatic imine (C=N–C) groups is 1. The molecule has 518 valence electrons. The van der Waals surface area contributed by atoms with Crippen molar-refractivity contribution in [3.8, 4) is 0 Å². The first-order valence-corrected chi connectivity index (χ1v) is 32.3. The van der Waals surface area contributed by atoms with E-state index in [0.29, 0.717) is 38.5 Å². The molecule has 16 atom stereocenters. The predicted molar refractivity (Wildman–Crippen MR) is 346 cm³/mol. The molecule has 0 spiro atoms. The molecule has 1 saturated heterocycles. The summed E-state index contributed by atoms with van der Waals surface area (Å²) in [5, 5.41) is 55.7. The van der Waals surface area contributed by atoms with Gasteiger partial charge >= 0.3 is 5.97 Å². The number of carbonyl (C=O) groups is 11. The second-order valence-electron chi connectivity index (χ2n) is 24.1. The van der Waals surface area contributed by atoms with Crippen LogP contribution in [0.1, 0.15) is 158 Å². The number of likely N-dealkylation sites (N-methyl/N-ethyl adjacent to an activating group) is 1. The summed E-state index contributed by atoms with van der Waals surface area (Å²) < 4.78 is 5.82. The molecule has 29 nitrogen and oxygen atoms in total. The fraction of sp³-hybridized carbons (Fsp3) is 0.698. The molecule has 19 N–H and O–H groups in total. The number of hydrogen-bond acceptors (Lipinski definition) is 17. The molecule has 0 unspecified atom stereocenters.